The first-order chi connectivity index (χ1) is 14.5. The van der Waals surface area contributed by atoms with E-state index < -0.39 is 11.2 Å². The molecule has 0 fully saturated rings. The maximum atomic E-state index is 12.6. The number of H-pyrrole nitrogens is 1. The molecule has 3 rings (SSSR count). The molecule has 0 saturated heterocycles. The Labute approximate surface area is 174 Å². The third kappa shape index (κ3) is 4.35. The van der Waals surface area contributed by atoms with Crippen molar-refractivity contribution in [3.8, 4) is 11.5 Å². The Morgan fingerprint density at radius 3 is 2.73 bits per heavy atom. The Balaban J connectivity index is 2.06. The van der Waals surface area contributed by atoms with Gasteiger partial charge in [0.1, 0.15) is 0 Å². The van der Waals surface area contributed by atoms with Gasteiger partial charge in [0.2, 0.25) is 0 Å². The molecular formula is C23H25N3O4. The summed E-state index contributed by atoms with van der Waals surface area (Å²) in [7, 11) is 1.57. The minimum atomic E-state index is -0.607. The van der Waals surface area contributed by atoms with Crippen LogP contribution in [0.3, 0.4) is 0 Å². The van der Waals surface area contributed by atoms with Gasteiger partial charge in [0.05, 0.1) is 30.3 Å². The number of nitrogens with one attached hydrogen (secondary N) is 1. The second-order valence-corrected chi connectivity index (χ2v) is 6.88. The van der Waals surface area contributed by atoms with E-state index in [0.29, 0.717) is 34.4 Å². The Bertz CT molecular complexity index is 1210. The van der Waals surface area contributed by atoms with E-state index in [-0.39, 0.29) is 6.10 Å². The summed E-state index contributed by atoms with van der Waals surface area (Å²) in [6, 6.07) is 10.4. The Morgan fingerprint density at radius 2 is 2.03 bits per heavy atom. The molecule has 0 aliphatic carbocycles. The highest BCUT2D eigenvalue weighted by Crippen LogP contribution is 2.34. The molecule has 7 nitrogen and oxygen atoms in total. The van der Waals surface area contributed by atoms with E-state index in [0.717, 1.165) is 16.7 Å². The molecule has 0 aliphatic rings. The number of hydrogen-bond acceptors (Lipinski definition) is 5. The van der Waals surface area contributed by atoms with Crippen LogP contribution in [0.4, 0.5) is 0 Å². The van der Waals surface area contributed by atoms with Crippen molar-refractivity contribution in [1.82, 2.24) is 9.66 Å². The summed E-state index contributed by atoms with van der Waals surface area (Å²) < 4.78 is 12.4. The molecule has 0 aliphatic heterocycles. The number of hydrogen-bond donors (Lipinski definition) is 1. The molecule has 2 aromatic carbocycles. The molecular weight excluding hydrogens is 382 g/mol. The lowest BCUT2D eigenvalue weighted by molar-refractivity contribution is 0.206. The van der Waals surface area contributed by atoms with Crippen molar-refractivity contribution in [2.75, 3.05) is 7.11 Å². The predicted molar refractivity (Wildman–Crippen MR) is 119 cm³/mol. The van der Waals surface area contributed by atoms with Crippen LogP contribution in [0.1, 0.15) is 31.4 Å². The molecule has 30 heavy (non-hydrogen) atoms. The topological polar surface area (TPSA) is 85.7 Å². The number of rotatable bonds is 8. The molecule has 0 unspecified atom stereocenters. The highest BCUT2D eigenvalue weighted by Gasteiger charge is 2.15. The maximum Gasteiger partial charge on any atom is 0.349 e. The zero-order chi connectivity index (χ0) is 21.7. The van der Waals surface area contributed by atoms with Gasteiger partial charge in [-0.2, -0.15) is 5.10 Å². The molecule has 1 N–H and O–H groups in total. The van der Waals surface area contributed by atoms with Gasteiger partial charge in [0.15, 0.2) is 11.5 Å². The average Bonchev–Trinajstić information content (AvgIpc) is 2.75. The zero-order valence-electron chi connectivity index (χ0n) is 17.3. The first-order valence-electron chi connectivity index (χ1n) is 9.75. The molecule has 1 heterocycles. The van der Waals surface area contributed by atoms with Crippen LogP contribution in [0.5, 0.6) is 11.5 Å². The Morgan fingerprint density at radius 1 is 1.27 bits per heavy atom. The van der Waals surface area contributed by atoms with Crippen LogP contribution in [0.2, 0.25) is 0 Å². The van der Waals surface area contributed by atoms with E-state index in [1.165, 1.54) is 6.21 Å². The number of aromatic amines is 1. The summed E-state index contributed by atoms with van der Waals surface area (Å²) in [6.45, 7) is 7.84. The van der Waals surface area contributed by atoms with Crippen LogP contribution in [0.25, 0.3) is 10.9 Å². The summed E-state index contributed by atoms with van der Waals surface area (Å²) in [5, 5.41) is 4.51. The van der Waals surface area contributed by atoms with Crippen LogP contribution < -0.4 is 20.7 Å². The van der Waals surface area contributed by atoms with E-state index in [1.54, 1.807) is 43.5 Å². The van der Waals surface area contributed by atoms with Crippen molar-refractivity contribution >= 4 is 17.1 Å². The second-order valence-electron chi connectivity index (χ2n) is 6.88. The van der Waals surface area contributed by atoms with E-state index in [2.05, 4.69) is 16.7 Å². The lowest BCUT2D eigenvalue weighted by Gasteiger charge is -2.19. The molecule has 0 bridgehead atoms. The van der Waals surface area contributed by atoms with Crippen molar-refractivity contribution in [3.63, 3.8) is 0 Å². The third-order valence-corrected chi connectivity index (χ3v) is 4.74. The van der Waals surface area contributed by atoms with Crippen LogP contribution in [0.15, 0.2) is 63.7 Å². The van der Waals surface area contributed by atoms with Crippen molar-refractivity contribution in [3.05, 3.63) is 81.0 Å². The monoisotopic (exact) mass is 407 g/mol. The standard InChI is InChI=1S/C23H25N3O4/c1-5-9-17-12-16(13-20(29-4)21(17)30-15(3)6-2)14-24-26-22(27)18-10-7-8-11-19(18)25-23(26)28/h5,7-8,10-15H,1,6,9H2,2-4H3,(H,25,28)/t15-/m0/s1. The van der Waals surface area contributed by atoms with Crippen molar-refractivity contribution in [2.45, 2.75) is 32.8 Å². The Kier molecular flexibility index (Phi) is 6.51. The van der Waals surface area contributed by atoms with E-state index >= 15 is 0 Å². The van der Waals surface area contributed by atoms with Gasteiger partial charge in [-0.3, -0.25) is 4.79 Å². The quantitative estimate of drug-likeness (QED) is 0.458. The van der Waals surface area contributed by atoms with Gasteiger partial charge in [-0.15, -0.1) is 11.3 Å². The summed E-state index contributed by atoms with van der Waals surface area (Å²) in [5.74, 6) is 1.21. The highest BCUT2D eigenvalue weighted by atomic mass is 16.5. The van der Waals surface area contributed by atoms with Crippen LogP contribution in [-0.2, 0) is 6.42 Å². The van der Waals surface area contributed by atoms with Crippen LogP contribution in [-0.4, -0.2) is 29.1 Å². The third-order valence-electron chi connectivity index (χ3n) is 4.74. The molecule has 3 aromatic rings. The van der Waals surface area contributed by atoms with Crippen molar-refractivity contribution in [1.29, 1.82) is 0 Å². The minimum absolute atomic E-state index is 0.0247. The molecule has 7 heteroatoms. The SMILES string of the molecule is C=CCc1cc(C=Nn2c(=O)[nH]c3ccccc3c2=O)cc(OC)c1O[C@@H](C)CC. The second kappa shape index (κ2) is 9.26. The molecule has 156 valence electrons. The largest absolute Gasteiger partial charge is 0.493 e. The number of allylic oxidation sites excluding steroid dienone is 1. The van der Waals surface area contributed by atoms with Gasteiger partial charge in [-0.25, -0.2) is 4.79 Å². The smallest absolute Gasteiger partial charge is 0.349 e. The first kappa shape index (κ1) is 21.1. The fourth-order valence-corrected chi connectivity index (χ4v) is 3.02. The van der Waals surface area contributed by atoms with Gasteiger partial charge in [-0.1, -0.05) is 25.1 Å². The van der Waals surface area contributed by atoms with E-state index in [9.17, 15) is 9.59 Å². The van der Waals surface area contributed by atoms with Gasteiger partial charge in [0, 0.05) is 5.56 Å². The number of aromatic nitrogens is 2. The van der Waals surface area contributed by atoms with Crippen LogP contribution in [0, 0.1) is 0 Å². The van der Waals surface area contributed by atoms with Crippen LogP contribution >= 0.6 is 0 Å². The molecule has 0 saturated carbocycles. The first-order valence-corrected chi connectivity index (χ1v) is 9.75. The minimum Gasteiger partial charge on any atom is -0.493 e. The Hall–Kier alpha value is -3.61. The van der Waals surface area contributed by atoms with Gasteiger partial charge in [-0.05, 0) is 49.6 Å². The number of fused-ring (bicyclic) bond motifs is 1. The lowest BCUT2D eigenvalue weighted by atomic mass is 10.1. The molecule has 0 amide bonds. The van der Waals surface area contributed by atoms with Gasteiger partial charge in [0.25, 0.3) is 5.56 Å². The number of benzene rings is 2. The lowest BCUT2D eigenvalue weighted by Crippen LogP contribution is -2.32. The molecule has 1 aromatic heterocycles. The summed E-state index contributed by atoms with van der Waals surface area (Å²) in [6.07, 6.45) is 4.68. The molecule has 0 spiro atoms. The van der Waals surface area contributed by atoms with E-state index in [4.69, 9.17) is 9.47 Å². The number of para-hydroxylation sites is 1. The summed E-state index contributed by atoms with van der Waals surface area (Å²) in [4.78, 5) is 27.6. The van der Waals surface area contributed by atoms with Gasteiger partial charge < -0.3 is 14.5 Å². The van der Waals surface area contributed by atoms with Crippen molar-refractivity contribution in [2.24, 2.45) is 5.10 Å². The zero-order valence-corrected chi connectivity index (χ0v) is 17.3. The predicted octanol–water partition coefficient (Wildman–Crippen LogP) is 3.49. The van der Waals surface area contributed by atoms with Gasteiger partial charge >= 0.3 is 5.69 Å². The summed E-state index contributed by atoms with van der Waals surface area (Å²) >= 11 is 0. The fourth-order valence-electron chi connectivity index (χ4n) is 3.02. The van der Waals surface area contributed by atoms with Crippen molar-refractivity contribution < 1.29 is 9.47 Å². The number of methoxy groups -OCH3 is 1. The average molecular weight is 407 g/mol. The van der Waals surface area contributed by atoms with E-state index in [1.807, 2.05) is 19.9 Å². The number of ether oxygens (including phenoxy) is 2. The maximum absolute atomic E-state index is 12.6. The number of nitrogens with zero attached hydrogens (tertiary/aromatic N) is 2. The molecule has 1 atom stereocenters. The summed E-state index contributed by atoms with van der Waals surface area (Å²) in [5.41, 5.74) is 0.927. The molecule has 0 radical (unpaired) electrons. The highest BCUT2D eigenvalue weighted by molar-refractivity contribution is 5.82. The fraction of sp³-hybridized carbons (Fsp3) is 0.261. The normalized spacial score (nSPS) is 12.2.